The van der Waals surface area contributed by atoms with E-state index in [9.17, 15) is 28.8 Å². The van der Waals surface area contributed by atoms with Crippen molar-refractivity contribution in [2.75, 3.05) is 13.6 Å². The molecule has 4 amide bonds. The maximum atomic E-state index is 14.1. The molecule has 3 N–H and O–H groups in total. The Hall–Kier alpha value is -4.94. The maximum Gasteiger partial charge on any atom is 0.410 e. The van der Waals surface area contributed by atoms with Crippen LogP contribution in [0.1, 0.15) is 71.4 Å². The van der Waals surface area contributed by atoms with Crippen LogP contribution >= 0.6 is 0 Å². The number of hydrogen-bond donors (Lipinski definition) is 3. The van der Waals surface area contributed by atoms with Gasteiger partial charge in [-0.1, -0.05) is 74.5 Å². The minimum atomic E-state index is -1.53. The summed E-state index contributed by atoms with van der Waals surface area (Å²) in [5.41, 5.74) is 0.589. The number of likely N-dealkylation sites (tertiary alicyclic amines) is 1. The number of benzene rings is 2. The van der Waals surface area contributed by atoms with Gasteiger partial charge in [-0.05, 0) is 57.1 Å². The van der Waals surface area contributed by atoms with E-state index in [1.165, 1.54) is 11.9 Å². The molecule has 50 heavy (non-hydrogen) atoms. The smallest absolute Gasteiger partial charge is 0.410 e. The number of carbonyl (C=O) groups excluding carboxylic acids is 6. The van der Waals surface area contributed by atoms with Gasteiger partial charge in [0.25, 0.3) is 0 Å². The lowest BCUT2D eigenvalue weighted by molar-refractivity contribution is -0.151. The van der Waals surface area contributed by atoms with Gasteiger partial charge in [-0.3, -0.25) is 24.1 Å². The summed E-state index contributed by atoms with van der Waals surface area (Å²) < 4.78 is 16.5. The fourth-order valence-corrected chi connectivity index (χ4v) is 5.52. The molecular weight excluding hydrogens is 644 g/mol. The molecule has 0 radical (unpaired) electrons. The minimum absolute atomic E-state index is 0.0147. The van der Waals surface area contributed by atoms with E-state index in [-0.39, 0.29) is 38.5 Å². The van der Waals surface area contributed by atoms with Crippen LogP contribution in [0.25, 0.3) is 0 Å². The van der Waals surface area contributed by atoms with Gasteiger partial charge < -0.3 is 30.2 Å². The Labute approximate surface area is 293 Å². The first kappa shape index (κ1) is 39.5. The Morgan fingerprint density at radius 2 is 1.40 bits per heavy atom. The second-order valence-corrected chi connectivity index (χ2v) is 13.7. The van der Waals surface area contributed by atoms with Crippen molar-refractivity contribution in [3.63, 3.8) is 0 Å². The predicted molar refractivity (Wildman–Crippen MR) is 184 cm³/mol. The Bertz CT molecular complexity index is 1460. The molecule has 0 spiro atoms. The van der Waals surface area contributed by atoms with Gasteiger partial charge in [-0.2, -0.15) is 0 Å². The van der Waals surface area contributed by atoms with Crippen molar-refractivity contribution >= 4 is 35.8 Å². The highest BCUT2D eigenvalue weighted by atomic mass is 16.6. The first-order valence-corrected chi connectivity index (χ1v) is 16.9. The van der Waals surface area contributed by atoms with Gasteiger partial charge in [-0.25, -0.2) is 9.59 Å². The number of ether oxygens (including phenoxy) is 3. The van der Waals surface area contributed by atoms with Crippen LogP contribution in [-0.2, 0) is 51.4 Å². The number of esters is 2. The second kappa shape index (κ2) is 18.7. The molecule has 1 aliphatic heterocycles. The van der Waals surface area contributed by atoms with Crippen molar-refractivity contribution in [1.82, 2.24) is 20.9 Å². The molecule has 13 nitrogen and oxygen atoms in total. The number of nitrogens with zero attached hydrogens (tertiary/aromatic N) is 1. The highest BCUT2D eigenvalue weighted by Crippen LogP contribution is 2.27. The average Bonchev–Trinajstić information content (AvgIpc) is 3.08. The molecule has 1 fully saturated rings. The summed E-state index contributed by atoms with van der Waals surface area (Å²) in [7, 11) is 1.43. The fraction of sp³-hybridized carbons (Fsp3) is 0.514. The third-order valence-corrected chi connectivity index (χ3v) is 7.89. The number of piperidine rings is 1. The van der Waals surface area contributed by atoms with Crippen molar-refractivity contribution in [3.8, 4) is 0 Å². The zero-order chi connectivity index (χ0) is 36.8. The van der Waals surface area contributed by atoms with Gasteiger partial charge in [0.2, 0.25) is 17.7 Å². The van der Waals surface area contributed by atoms with Crippen LogP contribution in [0.15, 0.2) is 60.7 Å². The van der Waals surface area contributed by atoms with E-state index in [0.29, 0.717) is 12.0 Å². The Morgan fingerprint density at radius 1 is 0.820 bits per heavy atom. The summed E-state index contributed by atoms with van der Waals surface area (Å²) in [6.45, 7) is 8.82. The van der Waals surface area contributed by atoms with Crippen molar-refractivity contribution in [1.29, 1.82) is 0 Å². The number of rotatable bonds is 14. The molecule has 0 bridgehead atoms. The quantitative estimate of drug-likeness (QED) is 0.197. The van der Waals surface area contributed by atoms with Gasteiger partial charge in [0.1, 0.15) is 36.9 Å². The average molecular weight is 695 g/mol. The molecule has 2 aromatic carbocycles. The van der Waals surface area contributed by atoms with Gasteiger partial charge in [-0.15, -0.1) is 0 Å². The van der Waals surface area contributed by atoms with Crippen LogP contribution in [0.2, 0.25) is 0 Å². The molecule has 1 heterocycles. The third-order valence-electron chi connectivity index (χ3n) is 7.89. The monoisotopic (exact) mass is 694 g/mol. The van der Waals surface area contributed by atoms with Crippen LogP contribution in [0.3, 0.4) is 0 Å². The molecule has 0 saturated carbocycles. The molecule has 0 unspecified atom stereocenters. The molecule has 4 atom stereocenters. The maximum absolute atomic E-state index is 14.1. The first-order valence-electron chi connectivity index (χ1n) is 16.9. The predicted octanol–water partition coefficient (Wildman–Crippen LogP) is 3.64. The lowest BCUT2D eigenvalue weighted by Gasteiger charge is -2.40. The zero-order valence-electron chi connectivity index (χ0n) is 29.7. The molecule has 2 aromatic rings. The van der Waals surface area contributed by atoms with E-state index in [4.69, 9.17) is 14.2 Å². The molecule has 1 aliphatic rings. The minimum Gasteiger partial charge on any atom is -0.461 e. The van der Waals surface area contributed by atoms with E-state index in [0.717, 1.165) is 5.56 Å². The topological polar surface area (TPSA) is 169 Å². The number of carbonyl (C=O) groups is 6. The fourth-order valence-electron chi connectivity index (χ4n) is 5.52. The van der Waals surface area contributed by atoms with Crippen molar-refractivity contribution in [2.24, 2.45) is 11.8 Å². The van der Waals surface area contributed by atoms with Crippen LogP contribution in [0.4, 0.5) is 4.79 Å². The van der Waals surface area contributed by atoms with E-state index >= 15 is 0 Å². The van der Waals surface area contributed by atoms with E-state index in [1.807, 2.05) is 38.1 Å². The molecule has 3 rings (SSSR count). The van der Waals surface area contributed by atoms with Crippen LogP contribution < -0.4 is 16.0 Å². The summed E-state index contributed by atoms with van der Waals surface area (Å²) in [6.07, 6.45) is -0.462. The van der Waals surface area contributed by atoms with Gasteiger partial charge >= 0.3 is 18.0 Å². The van der Waals surface area contributed by atoms with Crippen molar-refractivity contribution < 1.29 is 43.0 Å². The molecule has 272 valence electrons. The van der Waals surface area contributed by atoms with Crippen molar-refractivity contribution in [3.05, 3.63) is 71.8 Å². The SMILES string of the molecule is CNC(=O)[C@@H]1CCCN(C(=O)OC(C)(C)C)[C@@H]1C(=O)N[C@@H](CC(=O)OCc1ccccc1)C(=O)N[C@@H](CC(C)C)C(=O)OCc1ccccc1. The second-order valence-electron chi connectivity index (χ2n) is 13.7. The standard InChI is InChI=1S/C37H50N4O9/c1-24(2)20-29(35(46)49-23-26-16-11-8-12-17-26)40-33(44)28(21-30(42)48-22-25-14-9-7-10-15-25)39-34(45)31-27(32(43)38-6)18-13-19-41(31)36(47)50-37(3,4)5/h7-12,14-17,24,27-29,31H,13,18-23H2,1-6H3,(H,38,43)(H,39,45)(H,40,44)/t27-,28+,29+,31+/m1/s1. The number of hydrogen-bond acceptors (Lipinski definition) is 9. The summed E-state index contributed by atoms with van der Waals surface area (Å²) in [6, 6.07) is 14.0. The molecule has 0 aliphatic carbocycles. The van der Waals surface area contributed by atoms with Crippen molar-refractivity contribution in [2.45, 2.75) is 97.2 Å². The first-order chi connectivity index (χ1) is 23.7. The lowest BCUT2D eigenvalue weighted by atomic mass is 9.87. The van der Waals surface area contributed by atoms with Crippen LogP contribution in [0.5, 0.6) is 0 Å². The van der Waals surface area contributed by atoms with E-state index < -0.39 is 71.8 Å². The van der Waals surface area contributed by atoms with Crippen LogP contribution in [-0.4, -0.2) is 78.0 Å². The Morgan fingerprint density at radius 3 is 1.94 bits per heavy atom. The molecule has 1 saturated heterocycles. The number of amides is 4. The number of nitrogens with one attached hydrogen (secondary N) is 3. The Balaban J connectivity index is 1.88. The summed E-state index contributed by atoms with van der Waals surface area (Å²) >= 11 is 0. The highest BCUT2D eigenvalue weighted by Gasteiger charge is 2.45. The van der Waals surface area contributed by atoms with E-state index in [1.54, 1.807) is 57.2 Å². The van der Waals surface area contributed by atoms with Gasteiger partial charge in [0.15, 0.2) is 0 Å². The van der Waals surface area contributed by atoms with Gasteiger partial charge in [0.05, 0.1) is 12.3 Å². The zero-order valence-corrected chi connectivity index (χ0v) is 29.7. The molecule has 0 aromatic heterocycles. The Kier molecular flexibility index (Phi) is 14.8. The largest absolute Gasteiger partial charge is 0.461 e. The summed E-state index contributed by atoms with van der Waals surface area (Å²) in [5.74, 6) is -4.63. The lowest BCUT2D eigenvalue weighted by Crippen LogP contribution is -2.62. The molecule has 13 heteroatoms. The van der Waals surface area contributed by atoms with E-state index in [2.05, 4.69) is 16.0 Å². The normalized spacial score (nSPS) is 17.1. The summed E-state index contributed by atoms with van der Waals surface area (Å²) in [4.78, 5) is 81.7. The highest BCUT2D eigenvalue weighted by molar-refractivity contribution is 5.97. The van der Waals surface area contributed by atoms with Gasteiger partial charge in [0, 0.05) is 13.6 Å². The summed E-state index contributed by atoms with van der Waals surface area (Å²) in [5, 5.41) is 7.80. The third kappa shape index (κ3) is 12.5. The molecular formula is C37H50N4O9. The van der Waals surface area contributed by atoms with Crippen LogP contribution in [0, 0.1) is 11.8 Å².